The Morgan fingerprint density at radius 1 is 1.15 bits per heavy atom. The van der Waals surface area contributed by atoms with Crippen molar-refractivity contribution in [2.75, 3.05) is 32.8 Å². The third-order valence-electron chi connectivity index (χ3n) is 9.35. The number of fused-ring (bicyclic) bond motifs is 1. The van der Waals surface area contributed by atoms with Crippen LogP contribution in [0, 0.1) is 12.8 Å². The second-order valence-corrected chi connectivity index (χ2v) is 11.4. The Kier molecular flexibility index (Phi) is 5.52. The van der Waals surface area contributed by atoms with Crippen LogP contribution in [0.25, 0.3) is 0 Å². The first-order valence-electron chi connectivity index (χ1n) is 13.0. The molecule has 1 saturated carbocycles. The summed E-state index contributed by atoms with van der Waals surface area (Å²) in [5.74, 6) is 1.08. The van der Waals surface area contributed by atoms with E-state index in [1.54, 1.807) is 6.07 Å². The molecule has 0 spiro atoms. The zero-order chi connectivity index (χ0) is 23.5. The van der Waals surface area contributed by atoms with E-state index in [1.807, 2.05) is 30.1 Å². The second kappa shape index (κ2) is 8.33. The van der Waals surface area contributed by atoms with Crippen LogP contribution in [0.4, 0.5) is 0 Å². The summed E-state index contributed by atoms with van der Waals surface area (Å²) in [5.41, 5.74) is 2.36. The molecular formula is C27H38N4O3. The van der Waals surface area contributed by atoms with Crippen LogP contribution in [0.1, 0.15) is 48.8 Å². The van der Waals surface area contributed by atoms with Crippen LogP contribution in [0.5, 0.6) is 5.75 Å². The molecule has 1 aromatic carbocycles. The molecule has 2 aliphatic heterocycles. The summed E-state index contributed by atoms with van der Waals surface area (Å²) in [5, 5.41) is 37.8. The van der Waals surface area contributed by atoms with E-state index in [1.165, 1.54) is 18.4 Å². The Hall–Kier alpha value is -1.93. The molecule has 7 heteroatoms. The molecule has 2 bridgehead atoms. The van der Waals surface area contributed by atoms with Gasteiger partial charge in [-0.1, -0.05) is 6.07 Å². The van der Waals surface area contributed by atoms with Crippen molar-refractivity contribution in [2.45, 2.75) is 75.1 Å². The van der Waals surface area contributed by atoms with Crippen molar-refractivity contribution in [2.24, 2.45) is 5.92 Å². The Labute approximate surface area is 202 Å². The third kappa shape index (κ3) is 3.60. The van der Waals surface area contributed by atoms with Gasteiger partial charge in [0, 0.05) is 30.7 Å². The Morgan fingerprint density at radius 3 is 2.68 bits per heavy atom. The molecule has 2 aliphatic carbocycles. The molecule has 34 heavy (non-hydrogen) atoms. The Morgan fingerprint density at radius 2 is 1.94 bits per heavy atom. The van der Waals surface area contributed by atoms with E-state index in [-0.39, 0.29) is 29.9 Å². The van der Waals surface area contributed by atoms with E-state index in [9.17, 15) is 15.3 Å². The summed E-state index contributed by atoms with van der Waals surface area (Å²) >= 11 is 0. The lowest BCUT2D eigenvalue weighted by Gasteiger charge is -2.61. The molecule has 4 aliphatic rings. The lowest BCUT2D eigenvalue weighted by molar-refractivity contribution is -0.149. The minimum atomic E-state index is -0.835. The highest BCUT2D eigenvalue weighted by Gasteiger charge is 2.63. The number of aryl methyl sites for hydroxylation is 1. The molecule has 0 unspecified atom stereocenters. The highest BCUT2D eigenvalue weighted by atomic mass is 16.3. The van der Waals surface area contributed by atoms with Crippen molar-refractivity contribution in [1.29, 1.82) is 0 Å². The molecule has 3 heterocycles. The van der Waals surface area contributed by atoms with Gasteiger partial charge < -0.3 is 15.3 Å². The SMILES string of the molecule is Cc1cnn(C[C@H](CO)N2CC[C@]34CCN(CC5CC5)[C@H](Cc5ccc(O)cc53)[C@]4(O)CC2)c1. The smallest absolute Gasteiger partial charge is 0.115 e. The number of nitrogens with zero attached hydrogens (tertiary/aromatic N) is 4. The standard InChI is InChI=1S/C27H38N4O3/c1-19-14-28-31(15-19)17-22(18-32)29-9-6-26-7-10-30(16-20-2-3-20)25(27(26,34)8-11-29)12-21-4-5-23(33)13-24(21)26/h4-5,13-15,20,22,25,32-34H,2-3,6-12,16-18H2,1H3/t22-,25-,26+,27-/m1/s1. The van der Waals surface area contributed by atoms with Gasteiger partial charge >= 0.3 is 0 Å². The molecule has 0 radical (unpaired) electrons. The summed E-state index contributed by atoms with van der Waals surface area (Å²) < 4.78 is 1.92. The Bertz CT molecular complexity index is 1050. The fraction of sp³-hybridized carbons (Fsp3) is 0.667. The number of hydrogen-bond acceptors (Lipinski definition) is 6. The molecule has 7 nitrogen and oxygen atoms in total. The number of benzene rings is 1. The number of aromatic nitrogens is 2. The number of piperidine rings is 1. The number of phenolic OH excluding ortho intramolecular Hbond substituents is 1. The van der Waals surface area contributed by atoms with Crippen molar-refractivity contribution in [3.63, 3.8) is 0 Å². The number of hydrogen-bond donors (Lipinski definition) is 3. The monoisotopic (exact) mass is 466 g/mol. The van der Waals surface area contributed by atoms with Crippen LogP contribution in [-0.2, 0) is 18.4 Å². The van der Waals surface area contributed by atoms with Crippen molar-refractivity contribution >= 4 is 0 Å². The normalized spacial score (nSPS) is 32.6. The number of phenols is 1. The molecule has 0 amide bonds. The number of aliphatic hydroxyl groups excluding tert-OH is 1. The number of aliphatic hydroxyl groups is 2. The van der Waals surface area contributed by atoms with Gasteiger partial charge in [-0.3, -0.25) is 14.5 Å². The molecular weight excluding hydrogens is 428 g/mol. The average Bonchev–Trinajstić information content (AvgIpc) is 3.57. The van der Waals surface area contributed by atoms with Gasteiger partial charge in [0.25, 0.3) is 0 Å². The molecule has 3 N–H and O–H groups in total. The first-order valence-corrected chi connectivity index (χ1v) is 13.0. The van der Waals surface area contributed by atoms with E-state index >= 15 is 0 Å². The van der Waals surface area contributed by atoms with Crippen LogP contribution in [0.15, 0.2) is 30.6 Å². The first-order chi connectivity index (χ1) is 16.4. The summed E-state index contributed by atoms with van der Waals surface area (Å²) in [6, 6.07) is 5.89. The molecule has 6 rings (SSSR count). The van der Waals surface area contributed by atoms with Crippen LogP contribution >= 0.6 is 0 Å². The van der Waals surface area contributed by atoms with Gasteiger partial charge in [-0.05, 0) is 93.3 Å². The largest absolute Gasteiger partial charge is 0.508 e. The number of aromatic hydroxyl groups is 1. The molecule has 2 aromatic rings. The zero-order valence-electron chi connectivity index (χ0n) is 20.2. The maximum Gasteiger partial charge on any atom is 0.115 e. The van der Waals surface area contributed by atoms with E-state index < -0.39 is 5.60 Å². The summed E-state index contributed by atoms with van der Waals surface area (Å²) in [4.78, 5) is 4.95. The van der Waals surface area contributed by atoms with Gasteiger partial charge in [-0.2, -0.15) is 5.10 Å². The van der Waals surface area contributed by atoms with Gasteiger partial charge in [-0.15, -0.1) is 0 Å². The average molecular weight is 467 g/mol. The van der Waals surface area contributed by atoms with E-state index in [4.69, 9.17) is 0 Å². The van der Waals surface area contributed by atoms with E-state index in [0.29, 0.717) is 13.0 Å². The van der Waals surface area contributed by atoms with Gasteiger partial charge in [0.2, 0.25) is 0 Å². The van der Waals surface area contributed by atoms with Gasteiger partial charge in [0.1, 0.15) is 5.75 Å². The van der Waals surface area contributed by atoms with E-state index in [2.05, 4.69) is 21.0 Å². The number of rotatable bonds is 6. The fourth-order valence-electron chi connectivity index (χ4n) is 7.32. The molecule has 2 saturated heterocycles. The topological polar surface area (TPSA) is 85.0 Å². The summed E-state index contributed by atoms with van der Waals surface area (Å²) in [6.45, 7) is 6.42. The van der Waals surface area contributed by atoms with Crippen LogP contribution < -0.4 is 0 Å². The molecule has 3 fully saturated rings. The lowest BCUT2D eigenvalue weighted by Crippen LogP contribution is -2.71. The van der Waals surface area contributed by atoms with Crippen molar-refractivity contribution in [3.05, 3.63) is 47.3 Å². The zero-order valence-corrected chi connectivity index (χ0v) is 20.2. The summed E-state index contributed by atoms with van der Waals surface area (Å²) in [7, 11) is 0. The second-order valence-electron chi connectivity index (χ2n) is 11.4. The molecule has 4 atom stereocenters. The minimum absolute atomic E-state index is 0.0366. The van der Waals surface area contributed by atoms with E-state index in [0.717, 1.165) is 62.5 Å². The highest BCUT2D eigenvalue weighted by Crippen LogP contribution is 2.56. The summed E-state index contributed by atoms with van der Waals surface area (Å²) in [6.07, 6.45) is 9.79. The highest BCUT2D eigenvalue weighted by molar-refractivity contribution is 5.48. The van der Waals surface area contributed by atoms with Crippen molar-refractivity contribution < 1.29 is 15.3 Å². The van der Waals surface area contributed by atoms with Gasteiger partial charge in [0.15, 0.2) is 0 Å². The van der Waals surface area contributed by atoms with Crippen LogP contribution in [0.3, 0.4) is 0 Å². The molecule has 184 valence electrons. The van der Waals surface area contributed by atoms with Crippen LogP contribution in [-0.4, -0.2) is 85.4 Å². The number of likely N-dealkylation sites (tertiary alicyclic amines) is 2. The fourth-order valence-corrected chi connectivity index (χ4v) is 7.32. The quantitative estimate of drug-likeness (QED) is 0.604. The van der Waals surface area contributed by atoms with Crippen molar-refractivity contribution in [1.82, 2.24) is 19.6 Å². The predicted octanol–water partition coefficient (Wildman–Crippen LogP) is 2.06. The predicted molar refractivity (Wildman–Crippen MR) is 130 cm³/mol. The molecule has 1 aromatic heterocycles. The first kappa shape index (κ1) is 22.5. The maximum absolute atomic E-state index is 12.6. The van der Waals surface area contributed by atoms with Gasteiger partial charge in [-0.25, -0.2) is 0 Å². The minimum Gasteiger partial charge on any atom is -0.508 e. The maximum atomic E-state index is 12.6. The van der Waals surface area contributed by atoms with Crippen LogP contribution in [0.2, 0.25) is 0 Å². The van der Waals surface area contributed by atoms with Gasteiger partial charge in [0.05, 0.1) is 31.0 Å². The Balaban J connectivity index is 1.34. The lowest BCUT2D eigenvalue weighted by atomic mass is 9.52. The third-order valence-corrected chi connectivity index (χ3v) is 9.35. The van der Waals surface area contributed by atoms with Crippen molar-refractivity contribution in [3.8, 4) is 5.75 Å².